The van der Waals surface area contributed by atoms with Crippen LogP contribution in [0.2, 0.25) is 0 Å². The molecule has 1 N–H and O–H groups in total. The molecule has 0 aliphatic rings. The molecule has 0 aliphatic heterocycles. The molecule has 0 aromatic carbocycles. The topological polar surface area (TPSA) is 64.9 Å². The van der Waals surface area contributed by atoms with Gasteiger partial charge in [-0.2, -0.15) is 0 Å². The van der Waals surface area contributed by atoms with Crippen LogP contribution in [0.5, 0.6) is 0 Å². The molecule has 0 spiro atoms. The van der Waals surface area contributed by atoms with Gasteiger partial charge in [0.25, 0.3) is 0 Å². The van der Waals surface area contributed by atoms with Crippen LogP contribution >= 0.6 is 27.3 Å². The van der Waals surface area contributed by atoms with E-state index >= 15 is 0 Å². The van der Waals surface area contributed by atoms with Crippen LogP contribution in [0.4, 0.5) is 0 Å². The molecular formula is C11H16BrN5OS. The minimum absolute atomic E-state index is 0.0913. The summed E-state index contributed by atoms with van der Waals surface area (Å²) in [5.41, 5.74) is 0. The van der Waals surface area contributed by atoms with Crippen LogP contribution in [0, 0.1) is 0 Å². The molecule has 0 saturated carbocycles. The van der Waals surface area contributed by atoms with E-state index in [0.717, 1.165) is 16.2 Å². The van der Waals surface area contributed by atoms with Gasteiger partial charge in [-0.25, -0.2) is 4.68 Å². The maximum atomic E-state index is 5.01. The van der Waals surface area contributed by atoms with Crippen molar-refractivity contribution >= 4 is 27.3 Å². The SMILES string of the molecule is COCCNC(C)c1nnnn1Cc1ccc(Br)s1. The fraction of sp³-hybridized carbons (Fsp3) is 0.545. The number of nitrogens with one attached hydrogen (secondary N) is 1. The number of hydrogen-bond donors (Lipinski definition) is 1. The van der Waals surface area contributed by atoms with Gasteiger partial charge in [0.05, 0.1) is 23.0 Å². The van der Waals surface area contributed by atoms with Crippen molar-refractivity contribution in [3.05, 3.63) is 26.6 Å². The van der Waals surface area contributed by atoms with Gasteiger partial charge in [0.15, 0.2) is 5.82 Å². The first-order valence-corrected chi connectivity index (χ1v) is 7.54. The quantitative estimate of drug-likeness (QED) is 0.775. The second kappa shape index (κ2) is 7.09. The molecule has 0 fully saturated rings. The number of aromatic nitrogens is 4. The van der Waals surface area contributed by atoms with E-state index in [1.807, 2.05) is 17.7 Å². The molecule has 104 valence electrons. The summed E-state index contributed by atoms with van der Waals surface area (Å²) in [7, 11) is 1.69. The Morgan fingerprint density at radius 2 is 2.37 bits per heavy atom. The molecule has 0 bridgehead atoms. The average Bonchev–Trinajstić information content (AvgIpc) is 2.99. The summed E-state index contributed by atoms with van der Waals surface area (Å²) in [4.78, 5) is 1.21. The van der Waals surface area contributed by atoms with Gasteiger partial charge in [-0.1, -0.05) is 0 Å². The summed E-state index contributed by atoms with van der Waals surface area (Å²) in [5, 5.41) is 15.2. The maximum Gasteiger partial charge on any atom is 0.168 e. The molecular weight excluding hydrogens is 330 g/mol. The highest BCUT2D eigenvalue weighted by molar-refractivity contribution is 9.11. The van der Waals surface area contributed by atoms with Crippen LogP contribution in [0.3, 0.4) is 0 Å². The van der Waals surface area contributed by atoms with Crippen molar-refractivity contribution in [2.75, 3.05) is 20.3 Å². The van der Waals surface area contributed by atoms with Crippen molar-refractivity contribution in [3.63, 3.8) is 0 Å². The van der Waals surface area contributed by atoms with Gasteiger partial charge in [0.1, 0.15) is 0 Å². The van der Waals surface area contributed by atoms with Crippen molar-refractivity contribution in [3.8, 4) is 0 Å². The summed E-state index contributed by atoms with van der Waals surface area (Å²) in [6.45, 7) is 4.18. The van der Waals surface area contributed by atoms with E-state index in [9.17, 15) is 0 Å². The van der Waals surface area contributed by atoms with Crippen LogP contribution in [0.15, 0.2) is 15.9 Å². The van der Waals surface area contributed by atoms with E-state index < -0.39 is 0 Å². The second-order valence-electron chi connectivity index (χ2n) is 4.07. The van der Waals surface area contributed by atoms with Gasteiger partial charge >= 0.3 is 0 Å². The van der Waals surface area contributed by atoms with E-state index in [-0.39, 0.29) is 6.04 Å². The molecule has 0 radical (unpaired) electrons. The Morgan fingerprint density at radius 3 is 3.05 bits per heavy atom. The second-order valence-corrected chi connectivity index (χ2v) is 6.62. The number of tetrazole rings is 1. The number of rotatable bonds is 7. The average molecular weight is 346 g/mol. The number of methoxy groups -OCH3 is 1. The first-order chi connectivity index (χ1) is 9.20. The van der Waals surface area contributed by atoms with Crippen LogP contribution in [0.25, 0.3) is 0 Å². The van der Waals surface area contributed by atoms with Crippen molar-refractivity contribution < 1.29 is 4.74 Å². The monoisotopic (exact) mass is 345 g/mol. The fourth-order valence-corrected chi connectivity index (χ4v) is 3.15. The van der Waals surface area contributed by atoms with Gasteiger partial charge in [-0.3, -0.25) is 0 Å². The first kappa shape index (κ1) is 14.6. The lowest BCUT2D eigenvalue weighted by atomic mass is 10.3. The maximum absolute atomic E-state index is 5.01. The highest BCUT2D eigenvalue weighted by atomic mass is 79.9. The minimum Gasteiger partial charge on any atom is -0.383 e. The molecule has 6 nitrogen and oxygen atoms in total. The predicted molar refractivity (Wildman–Crippen MR) is 77.2 cm³/mol. The van der Waals surface area contributed by atoms with E-state index in [4.69, 9.17) is 4.74 Å². The number of halogens is 1. The van der Waals surface area contributed by atoms with Crippen molar-refractivity contribution in [1.29, 1.82) is 0 Å². The predicted octanol–water partition coefficient (Wildman–Crippen LogP) is 1.84. The van der Waals surface area contributed by atoms with Crippen LogP contribution < -0.4 is 5.32 Å². The zero-order valence-electron chi connectivity index (χ0n) is 10.8. The third-order valence-electron chi connectivity index (χ3n) is 2.64. The van der Waals surface area contributed by atoms with Gasteiger partial charge in [0.2, 0.25) is 0 Å². The minimum atomic E-state index is 0.0913. The Labute approximate surface area is 124 Å². The molecule has 19 heavy (non-hydrogen) atoms. The lowest BCUT2D eigenvalue weighted by Gasteiger charge is -2.12. The Morgan fingerprint density at radius 1 is 1.53 bits per heavy atom. The van der Waals surface area contributed by atoms with E-state index in [1.165, 1.54) is 4.88 Å². The smallest absolute Gasteiger partial charge is 0.168 e. The van der Waals surface area contributed by atoms with Gasteiger partial charge in [-0.05, 0) is 45.4 Å². The zero-order valence-corrected chi connectivity index (χ0v) is 13.2. The van der Waals surface area contributed by atoms with E-state index in [0.29, 0.717) is 13.2 Å². The van der Waals surface area contributed by atoms with Crippen LogP contribution in [0.1, 0.15) is 23.7 Å². The Hall–Kier alpha value is -0.830. The van der Waals surface area contributed by atoms with E-state index in [2.05, 4.69) is 42.8 Å². The lowest BCUT2D eigenvalue weighted by Crippen LogP contribution is -2.25. The van der Waals surface area contributed by atoms with Crippen LogP contribution in [-0.2, 0) is 11.3 Å². The number of hydrogen-bond acceptors (Lipinski definition) is 6. The van der Waals surface area contributed by atoms with Gasteiger partial charge in [-0.15, -0.1) is 16.4 Å². The fourth-order valence-electron chi connectivity index (χ4n) is 1.69. The molecule has 0 saturated heterocycles. The Kier molecular flexibility index (Phi) is 5.44. The van der Waals surface area contributed by atoms with Crippen molar-refractivity contribution in [1.82, 2.24) is 25.5 Å². The Balaban J connectivity index is 2.00. The van der Waals surface area contributed by atoms with Gasteiger partial charge < -0.3 is 10.1 Å². The summed E-state index contributed by atoms with van der Waals surface area (Å²) >= 11 is 5.14. The highest BCUT2D eigenvalue weighted by Gasteiger charge is 2.14. The third kappa shape index (κ3) is 4.07. The molecule has 2 heterocycles. The molecule has 2 aromatic heterocycles. The van der Waals surface area contributed by atoms with Crippen LogP contribution in [-0.4, -0.2) is 40.5 Å². The summed E-state index contributed by atoms with van der Waals surface area (Å²) in [5.74, 6) is 0.834. The number of nitrogens with zero attached hydrogens (tertiary/aromatic N) is 4. The Bertz CT molecular complexity index is 515. The normalized spacial score (nSPS) is 12.8. The zero-order chi connectivity index (χ0) is 13.7. The molecule has 2 aromatic rings. The van der Waals surface area contributed by atoms with Crippen molar-refractivity contribution in [2.24, 2.45) is 0 Å². The molecule has 0 amide bonds. The summed E-state index contributed by atoms with van der Waals surface area (Å²) in [6, 6.07) is 4.20. The lowest BCUT2D eigenvalue weighted by molar-refractivity contribution is 0.196. The largest absolute Gasteiger partial charge is 0.383 e. The summed E-state index contributed by atoms with van der Waals surface area (Å²) < 4.78 is 7.95. The summed E-state index contributed by atoms with van der Waals surface area (Å²) in [6.07, 6.45) is 0. The standard InChI is InChI=1S/C11H16BrN5OS/c1-8(13-5-6-18-2)11-14-15-16-17(11)7-9-3-4-10(12)19-9/h3-4,8,13H,5-7H2,1-2H3. The highest BCUT2D eigenvalue weighted by Crippen LogP contribution is 2.23. The number of thiophene rings is 1. The van der Waals surface area contributed by atoms with Gasteiger partial charge in [0, 0.05) is 18.5 Å². The molecule has 1 atom stereocenters. The molecule has 8 heteroatoms. The first-order valence-electron chi connectivity index (χ1n) is 5.93. The molecule has 0 aliphatic carbocycles. The number of ether oxygens (including phenoxy) is 1. The third-order valence-corrected chi connectivity index (χ3v) is 4.25. The van der Waals surface area contributed by atoms with E-state index in [1.54, 1.807) is 18.4 Å². The molecule has 2 rings (SSSR count). The molecule has 1 unspecified atom stereocenters. The van der Waals surface area contributed by atoms with Crippen molar-refractivity contribution in [2.45, 2.75) is 19.5 Å².